The Bertz CT molecular complexity index is 509. The van der Waals surface area contributed by atoms with Crippen molar-refractivity contribution in [3.05, 3.63) is 48.5 Å². The third-order valence-electron chi connectivity index (χ3n) is 2.53. The molecule has 0 saturated carbocycles. The first-order valence-corrected chi connectivity index (χ1v) is 5.74. The molecule has 0 bridgehead atoms. The Morgan fingerprint density at radius 1 is 1.44 bits per heavy atom. The summed E-state index contributed by atoms with van der Waals surface area (Å²) in [6.07, 6.45) is 5.54. The van der Waals surface area contributed by atoms with Crippen molar-refractivity contribution in [2.24, 2.45) is 0 Å². The molecule has 1 amide bonds. The van der Waals surface area contributed by atoms with Crippen LogP contribution in [0.15, 0.2) is 43.0 Å². The number of aromatic hydroxyl groups is 1. The van der Waals surface area contributed by atoms with Crippen LogP contribution < -0.4 is 5.32 Å². The molecule has 0 aliphatic carbocycles. The summed E-state index contributed by atoms with van der Waals surface area (Å²) in [5, 5.41) is 12.1. The molecule has 1 heterocycles. The Balaban J connectivity index is 1.75. The van der Waals surface area contributed by atoms with Gasteiger partial charge in [-0.1, -0.05) is 12.1 Å². The Kier molecular flexibility index (Phi) is 3.96. The molecule has 0 fully saturated rings. The van der Waals surface area contributed by atoms with Crippen molar-refractivity contribution in [1.82, 2.24) is 14.9 Å². The minimum Gasteiger partial charge on any atom is -0.508 e. The number of hydrogen-bond acceptors (Lipinski definition) is 3. The molecule has 5 nitrogen and oxygen atoms in total. The van der Waals surface area contributed by atoms with Crippen molar-refractivity contribution in [3.63, 3.8) is 0 Å². The van der Waals surface area contributed by atoms with Crippen LogP contribution in [0.4, 0.5) is 0 Å². The van der Waals surface area contributed by atoms with E-state index in [9.17, 15) is 9.90 Å². The number of hydrogen-bond donors (Lipinski definition) is 2. The molecule has 94 valence electrons. The maximum Gasteiger partial charge on any atom is 0.224 e. The normalized spacial score (nSPS) is 10.2. The Morgan fingerprint density at radius 2 is 2.33 bits per heavy atom. The topological polar surface area (TPSA) is 67.2 Å². The van der Waals surface area contributed by atoms with Crippen molar-refractivity contribution in [2.75, 3.05) is 6.54 Å². The molecule has 5 heteroatoms. The molecule has 0 spiro atoms. The second-order valence-electron chi connectivity index (χ2n) is 4.00. The van der Waals surface area contributed by atoms with E-state index in [4.69, 9.17) is 0 Å². The van der Waals surface area contributed by atoms with Crippen molar-refractivity contribution < 1.29 is 9.90 Å². The Hall–Kier alpha value is -2.30. The number of phenols is 1. The highest BCUT2D eigenvalue weighted by Crippen LogP contribution is 2.10. The van der Waals surface area contributed by atoms with Crippen LogP contribution in [0.2, 0.25) is 0 Å². The van der Waals surface area contributed by atoms with Crippen molar-refractivity contribution in [1.29, 1.82) is 0 Å². The summed E-state index contributed by atoms with van der Waals surface area (Å²) >= 11 is 0. The standard InChI is InChI=1S/C13H15N3O2/c17-12-3-1-2-11(8-12)9-13(18)15-5-7-16-6-4-14-10-16/h1-4,6,8,10,17H,5,7,9H2,(H,15,18). The Labute approximate surface area is 105 Å². The van der Waals surface area contributed by atoms with E-state index in [1.54, 1.807) is 30.7 Å². The van der Waals surface area contributed by atoms with Crippen LogP contribution >= 0.6 is 0 Å². The van der Waals surface area contributed by atoms with E-state index in [-0.39, 0.29) is 18.1 Å². The lowest BCUT2D eigenvalue weighted by molar-refractivity contribution is -0.120. The quantitative estimate of drug-likeness (QED) is 0.824. The van der Waals surface area contributed by atoms with Gasteiger partial charge in [0.2, 0.25) is 5.91 Å². The number of nitrogens with zero attached hydrogens (tertiary/aromatic N) is 2. The number of imidazole rings is 1. The molecule has 0 atom stereocenters. The maximum atomic E-state index is 11.6. The highest BCUT2D eigenvalue weighted by molar-refractivity contribution is 5.78. The average molecular weight is 245 g/mol. The van der Waals surface area contributed by atoms with Crippen LogP contribution in [0.3, 0.4) is 0 Å². The molecular weight excluding hydrogens is 230 g/mol. The first kappa shape index (κ1) is 12.2. The SMILES string of the molecule is O=C(Cc1cccc(O)c1)NCCn1ccnc1. The van der Waals surface area contributed by atoms with E-state index in [1.807, 2.05) is 16.8 Å². The number of benzene rings is 1. The zero-order chi connectivity index (χ0) is 12.8. The van der Waals surface area contributed by atoms with Gasteiger partial charge in [0.15, 0.2) is 0 Å². The monoisotopic (exact) mass is 245 g/mol. The molecule has 0 unspecified atom stereocenters. The van der Waals surface area contributed by atoms with Crippen LogP contribution in [0.1, 0.15) is 5.56 Å². The van der Waals surface area contributed by atoms with Gasteiger partial charge in [-0.25, -0.2) is 4.98 Å². The van der Waals surface area contributed by atoms with E-state index in [0.717, 1.165) is 5.56 Å². The highest BCUT2D eigenvalue weighted by Gasteiger charge is 2.03. The molecule has 0 aliphatic heterocycles. The summed E-state index contributed by atoms with van der Waals surface area (Å²) in [4.78, 5) is 15.6. The second kappa shape index (κ2) is 5.86. The molecule has 1 aromatic carbocycles. The molecule has 18 heavy (non-hydrogen) atoms. The van der Waals surface area contributed by atoms with Crippen LogP contribution in [0.5, 0.6) is 5.75 Å². The number of phenolic OH excluding ortho intramolecular Hbond substituents is 1. The lowest BCUT2D eigenvalue weighted by Crippen LogP contribution is -2.28. The fourth-order valence-corrected chi connectivity index (χ4v) is 1.66. The third-order valence-corrected chi connectivity index (χ3v) is 2.53. The summed E-state index contributed by atoms with van der Waals surface area (Å²) < 4.78 is 1.90. The van der Waals surface area contributed by atoms with E-state index in [2.05, 4.69) is 10.3 Å². The van der Waals surface area contributed by atoms with Gasteiger partial charge in [0.05, 0.1) is 12.7 Å². The number of aromatic nitrogens is 2. The van der Waals surface area contributed by atoms with Gasteiger partial charge in [0, 0.05) is 25.5 Å². The summed E-state index contributed by atoms with van der Waals surface area (Å²) in [6.45, 7) is 1.26. The lowest BCUT2D eigenvalue weighted by Gasteiger charge is -2.06. The van der Waals surface area contributed by atoms with Crippen molar-refractivity contribution in [3.8, 4) is 5.75 Å². The molecule has 0 aliphatic rings. The van der Waals surface area contributed by atoms with Gasteiger partial charge in [0.25, 0.3) is 0 Å². The predicted molar refractivity (Wildman–Crippen MR) is 67.0 cm³/mol. The average Bonchev–Trinajstić information content (AvgIpc) is 2.82. The summed E-state index contributed by atoms with van der Waals surface area (Å²) in [5.41, 5.74) is 0.801. The largest absolute Gasteiger partial charge is 0.508 e. The maximum absolute atomic E-state index is 11.6. The number of carbonyl (C=O) groups is 1. The minimum absolute atomic E-state index is 0.0549. The fraction of sp³-hybridized carbons (Fsp3) is 0.231. The summed E-state index contributed by atoms with van der Waals surface area (Å²) in [5.74, 6) is 0.124. The third kappa shape index (κ3) is 3.62. The van der Waals surface area contributed by atoms with Gasteiger partial charge >= 0.3 is 0 Å². The first-order valence-electron chi connectivity index (χ1n) is 5.74. The summed E-state index contributed by atoms with van der Waals surface area (Å²) in [6, 6.07) is 6.72. The molecule has 2 aromatic rings. The van der Waals surface area contributed by atoms with E-state index in [0.29, 0.717) is 13.1 Å². The molecule has 1 aromatic heterocycles. The highest BCUT2D eigenvalue weighted by atomic mass is 16.3. The zero-order valence-corrected chi connectivity index (χ0v) is 9.91. The fourth-order valence-electron chi connectivity index (χ4n) is 1.66. The van der Waals surface area contributed by atoms with Crippen LogP contribution in [0.25, 0.3) is 0 Å². The van der Waals surface area contributed by atoms with Crippen molar-refractivity contribution >= 4 is 5.91 Å². The zero-order valence-electron chi connectivity index (χ0n) is 9.91. The van der Waals surface area contributed by atoms with Crippen LogP contribution in [-0.4, -0.2) is 27.1 Å². The van der Waals surface area contributed by atoms with Gasteiger partial charge in [-0.15, -0.1) is 0 Å². The van der Waals surface area contributed by atoms with Crippen molar-refractivity contribution in [2.45, 2.75) is 13.0 Å². The van der Waals surface area contributed by atoms with E-state index >= 15 is 0 Å². The first-order chi connectivity index (χ1) is 8.74. The molecule has 2 N–H and O–H groups in total. The predicted octanol–water partition coefficient (Wildman–Crippen LogP) is 0.948. The Morgan fingerprint density at radius 3 is 3.06 bits per heavy atom. The molecule has 0 saturated heterocycles. The number of rotatable bonds is 5. The van der Waals surface area contributed by atoms with Crippen LogP contribution in [-0.2, 0) is 17.8 Å². The minimum atomic E-state index is -0.0549. The van der Waals surface area contributed by atoms with Gasteiger partial charge in [-0.05, 0) is 17.7 Å². The van der Waals surface area contributed by atoms with Gasteiger partial charge in [-0.3, -0.25) is 4.79 Å². The number of nitrogens with one attached hydrogen (secondary N) is 1. The molecular formula is C13H15N3O2. The lowest BCUT2D eigenvalue weighted by atomic mass is 10.1. The smallest absolute Gasteiger partial charge is 0.224 e. The number of amides is 1. The van der Waals surface area contributed by atoms with Gasteiger partial charge in [-0.2, -0.15) is 0 Å². The van der Waals surface area contributed by atoms with Crippen LogP contribution in [0, 0.1) is 0 Å². The number of carbonyl (C=O) groups excluding carboxylic acids is 1. The summed E-state index contributed by atoms with van der Waals surface area (Å²) in [7, 11) is 0. The van der Waals surface area contributed by atoms with Gasteiger partial charge in [0.1, 0.15) is 5.75 Å². The molecule has 0 radical (unpaired) electrons. The van der Waals surface area contributed by atoms with E-state index < -0.39 is 0 Å². The molecule has 2 rings (SSSR count). The van der Waals surface area contributed by atoms with E-state index in [1.165, 1.54) is 0 Å². The second-order valence-corrected chi connectivity index (χ2v) is 4.00. The van der Waals surface area contributed by atoms with Gasteiger partial charge < -0.3 is 15.0 Å².